The number of ether oxygens (including phenoxy) is 1. The molecule has 1 heterocycles. The molecule has 0 amide bonds. The standard InChI is InChI=1S/C16H32N4O/c1-8-9-17-13(15(21-7)16(4,5)6)10-14-18-11-19-20(14)12(2)3/h11-13,15,17H,8-10H2,1-7H3. The molecule has 21 heavy (non-hydrogen) atoms. The predicted molar refractivity (Wildman–Crippen MR) is 86.4 cm³/mol. The van der Waals surface area contributed by atoms with E-state index in [1.807, 2.05) is 4.68 Å². The Kier molecular flexibility index (Phi) is 6.81. The first kappa shape index (κ1) is 18.1. The molecule has 0 aliphatic rings. The molecule has 0 radical (unpaired) electrons. The molecule has 0 aliphatic carbocycles. The second-order valence-corrected chi connectivity index (χ2v) is 7.00. The van der Waals surface area contributed by atoms with Crippen LogP contribution in [-0.4, -0.2) is 40.6 Å². The Morgan fingerprint density at radius 1 is 1.33 bits per heavy atom. The van der Waals surface area contributed by atoms with Crippen LogP contribution < -0.4 is 5.32 Å². The molecule has 0 bridgehead atoms. The molecule has 2 unspecified atom stereocenters. The molecule has 0 aliphatic heterocycles. The molecule has 1 aromatic rings. The van der Waals surface area contributed by atoms with E-state index in [0.717, 1.165) is 25.2 Å². The quantitative estimate of drug-likeness (QED) is 0.801. The van der Waals surface area contributed by atoms with Gasteiger partial charge in [-0.05, 0) is 32.2 Å². The molecule has 1 aromatic heterocycles. The van der Waals surface area contributed by atoms with Crippen LogP contribution >= 0.6 is 0 Å². The van der Waals surface area contributed by atoms with Crippen LogP contribution in [0.15, 0.2) is 6.33 Å². The van der Waals surface area contributed by atoms with Crippen molar-refractivity contribution < 1.29 is 4.74 Å². The number of nitrogens with zero attached hydrogens (tertiary/aromatic N) is 3. The minimum absolute atomic E-state index is 0.0723. The van der Waals surface area contributed by atoms with Gasteiger partial charge in [-0.2, -0.15) is 5.10 Å². The number of methoxy groups -OCH3 is 1. The van der Waals surface area contributed by atoms with Gasteiger partial charge in [0.25, 0.3) is 0 Å². The summed E-state index contributed by atoms with van der Waals surface area (Å²) in [6.07, 6.45) is 3.70. The Morgan fingerprint density at radius 2 is 2.00 bits per heavy atom. The molecule has 1 rings (SSSR count). The summed E-state index contributed by atoms with van der Waals surface area (Å²) >= 11 is 0. The summed E-state index contributed by atoms with van der Waals surface area (Å²) in [6.45, 7) is 14.1. The monoisotopic (exact) mass is 296 g/mol. The maximum Gasteiger partial charge on any atom is 0.138 e. The van der Waals surface area contributed by atoms with E-state index in [1.54, 1.807) is 13.4 Å². The normalized spacial score (nSPS) is 15.4. The van der Waals surface area contributed by atoms with Crippen molar-refractivity contribution in [1.82, 2.24) is 20.1 Å². The molecule has 1 N–H and O–H groups in total. The van der Waals surface area contributed by atoms with Crippen molar-refractivity contribution in [3.63, 3.8) is 0 Å². The molecular formula is C16H32N4O. The minimum Gasteiger partial charge on any atom is -0.379 e. The Hall–Kier alpha value is -0.940. The molecular weight excluding hydrogens is 264 g/mol. The molecule has 5 nitrogen and oxygen atoms in total. The second kappa shape index (κ2) is 7.90. The summed E-state index contributed by atoms with van der Waals surface area (Å²) < 4.78 is 7.80. The molecule has 122 valence electrons. The highest BCUT2D eigenvalue weighted by molar-refractivity contribution is 4.96. The Labute approximate surface area is 129 Å². The van der Waals surface area contributed by atoms with Crippen molar-refractivity contribution in [3.8, 4) is 0 Å². The van der Waals surface area contributed by atoms with Crippen molar-refractivity contribution in [2.75, 3.05) is 13.7 Å². The zero-order valence-corrected chi connectivity index (χ0v) is 14.7. The average Bonchev–Trinajstić information content (AvgIpc) is 2.83. The maximum absolute atomic E-state index is 5.80. The molecule has 2 atom stereocenters. The summed E-state index contributed by atoms with van der Waals surface area (Å²) in [4.78, 5) is 4.44. The van der Waals surface area contributed by atoms with E-state index < -0.39 is 0 Å². The van der Waals surface area contributed by atoms with Gasteiger partial charge in [0.05, 0.1) is 6.10 Å². The summed E-state index contributed by atoms with van der Waals surface area (Å²) in [5, 5.41) is 7.96. The van der Waals surface area contributed by atoms with E-state index in [0.29, 0.717) is 6.04 Å². The maximum atomic E-state index is 5.80. The van der Waals surface area contributed by atoms with Crippen LogP contribution in [0.2, 0.25) is 0 Å². The minimum atomic E-state index is 0.0723. The van der Waals surface area contributed by atoms with Crippen molar-refractivity contribution in [3.05, 3.63) is 12.2 Å². The van der Waals surface area contributed by atoms with Crippen LogP contribution in [0.25, 0.3) is 0 Å². The zero-order valence-electron chi connectivity index (χ0n) is 14.7. The fraction of sp³-hybridized carbons (Fsp3) is 0.875. The van der Waals surface area contributed by atoms with Crippen molar-refractivity contribution in [1.29, 1.82) is 0 Å². The van der Waals surface area contributed by atoms with Crippen molar-refractivity contribution in [2.45, 2.75) is 72.6 Å². The number of nitrogens with one attached hydrogen (secondary N) is 1. The number of hydrogen-bond donors (Lipinski definition) is 1. The third-order valence-electron chi connectivity index (χ3n) is 3.67. The topological polar surface area (TPSA) is 52.0 Å². The van der Waals surface area contributed by atoms with Crippen molar-refractivity contribution >= 4 is 0 Å². The van der Waals surface area contributed by atoms with E-state index in [4.69, 9.17) is 4.74 Å². The third-order valence-corrected chi connectivity index (χ3v) is 3.67. The van der Waals surface area contributed by atoms with Gasteiger partial charge in [-0.25, -0.2) is 9.67 Å². The Balaban J connectivity index is 2.94. The summed E-state index contributed by atoms with van der Waals surface area (Å²) in [6, 6.07) is 0.557. The van der Waals surface area contributed by atoms with Gasteiger partial charge < -0.3 is 10.1 Å². The van der Waals surface area contributed by atoms with E-state index in [1.165, 1.54) is 0 Å². The number of aromatic nitrogens is 3. The number of hydrogen-bond acceptors (Lipinski definition) is 4. The molecule has 0 saturated carbocycles. The molecule has 0 aromatic carbocycles. The van der Waals surface area contributed by atoms with Gasteiger partial charge in [-0.1, -0.05) is 27.7 Å². The Morgan fingerprint density at radius 3 is 2.48 bits per heavy atom. The largest absolute Gasteiger partial charge is 0.379 e. The van der Waals surface area contributed by atoms with Gasteiger partial charge in [0.1, 0.15) is 12.2 Å². The number of rotatable bonds is 8. The van der Waals surface area contributed by atoms with Crippen LogP contribution in [0.4, 0.5) is 0 Å². The third kappa shape index (κ3) is 5.08. The lowest BCUT2D eigenvalue weighted by molar-refractivity contribution is -0.0116. The first-order valence-electron chi connectivity index (χ1n) is 7.95. The van der Waals surface area contributed by atoms with Gasteiger partial charge in [-0.3, -0.25) is 0 Å². The van der Waals surface area contributed by atoms with Crippen LogP contribution in [0, 0.1) is 5.41 Å². The lowest BCUT2D eigenvalue weighted by Crippen LogP contribution is -2.49. The lowest BCUT2D eigenvalue weighted by Gasteiger charge is -2.36. The average molecular weight is 296 g/mol. The summed E-state index contributed by atoms with van der Waals surface area (Å²) in [5.74, 6) is 1.02. The van der Waals surface area contributed by atoms with Crippen LogP contribution in [0.3, 0.4) is 0 Å². The molecule has 0 fully saturated rings. The second-order valence-electron chi connectivity index (χ2n) is 7.00. The highest BCUT2D eigenvalue weighted by Gasteiger charge is 2.33. The summed E-state index contributed by atoms with van der Waals surface area (Å²) in [5.41, 5.74) is 0.0723. The Bertz CT molecular complexity index is 409. The fourth-order valence-corrected chi connectivity index (χ4v) is 2.79. The zero-order chi connectivity index (χ0) is 16.0. The predicted octanol–water partition coefficient (Wildman–Crippen LogP) is 2.83. The highest BCUT2D eigenvalue weighted by atomic mass is 16.5. The fourth-order valence-electron chi connectivity index (χ4n) is 2.79. The first-order valence-corrected chi connectivity index (χ1v) is 7.95. The molecule has 0 spiro atoms. The summed E-state index contributed by atoms with van der Waals surface area (Å²) in [7, 11) is 1.80. The van der Waals surface area contributed by atoms with Crippen LogP contribution in [0.1, 0.15) is 59.8 Å². The van der Waals surface area contributed by atoms with Gasteiger partial charge >= 0.3 is 0 Å². The smallest absolute Gasteiger partial charge is 0.138 e. The van der Waals surface area contributed by atoms with E-state index in [-0.39, 0.29) is 17.6 Å². The van der Waals surface area contributed by atoms with Crippen LogP contribution in [0.5, 0.6) is 0 Å². The van der Waals surface area contributed by atoms with E-state index in [9.17, 15) is 0 Å². The lowest BCUT2D eigenvalue weighted by atomic mass is 9.83. The van der Waals surface area contributed by atoms with Gasteiger partial charge in [0.15, 0.2) is 0 Å². The van der Waals surface area contributed by atoms with Crippen LogP contribution in [-0.2, 0) is 11.2 Å². The van der Waals surface area contributed by atoms with Gasteiger partial charge in [0, 0.05) is 25.6 Å². The highest BCUT2D eigenvalue weighted by Crippen LogP contribution is 2.26. The van der Waals surface area contributed by atoms with E-state index >= 15 is 0 Å². The molecule has 0 saturated heterocycles. The van der Waals surface area contributed by atoms with Crippen molar-refractivity contribution in [2.24, 2.45) is 5.41 Å². The SMILES string of the molecule is CCCNC(Cc1ncnn1C(C)C)C(OC)C(C)(C)C. The van der Waals surface area contributed by atoms with Gasteiger partial charge in [0.2, 0.25) is 0 Å². The van der Waals surface area contributed by atoms with E-state index in [2.05, 4.69) is 56.9 Å². The first-order chi connectivity index (χ1) is 9.81. The molecule has 5 heteroatoms. The van der Waals surface area contributed by atoms with Gasteiger partial charge in [-0.15, -0.1) is 0 Å².